The highest BCUT2D eigenvalue weighted by Gasteiger charge is 2.14. The summed E-state index contributed by atoms with van der Waals surface area (Å²) in [5.41, 5.74) is 3.41. The summed E-state index contributed by atoms with van der Waals surface area (Å²) in [5, 5.41) is 4.18. The largest absolute Gasteiger partial charge is 0.347 e. The van der Waals surface area contributed by atoms with E-state index in [4.69, 9.17) is 0 Å². The maximum atomic E-state index is 12.4. The fraction of sp³-hybridized carbons (Fsp3) is 0.167. The minimum Gasteiger partial charge on any atom is -0.347 e. The molecule has 1 N–H and O–H groups in total. The van der Waals surface area contributed by atoms with Crippen molar-refractivity contribution in [2.75, 3.05) is 0 Å². The third-order valence-corrected chi connectivity index (χ3v) is 4.90. The molecule has 0 aliphatic heterocycles. The second-order valence-electron chi connectivity index (χ2n) is 5.22. The molecule has 106 valence electrons. The van der Waals surface area contributed by atoms with Gasteiger partial charge in [0.05, 0.1) is 4.88 Å². The SMILES string of the molecule is Cc1ccc(CNC(=O)c2sc3ccccc3c2C)cc1. The summed E-state index contributed by atoms with van der Waals surface area (Å²) < 4.78 is 1.16. The van der Waals surface area contributed by atoms with E-state index in [9.17, 15) is 4.79 Å². The van der Waals surface area contributed by atoms with Gasteiger partial charge in [-0.2, -0.15) is 0 Å². The molecule has 0 radical (unpaired) electrons. The third kappa shape index (κ3) is 2.83. The molecular weight excluding hydrogens is 278 g/mol. The molecule has 0 bridgehead atoms. The van der Waals surface area contributed by atoms with Gasteiger partial charge in [-0.3, -0.25) is 4.79 Å². The highest BCUT2D eigenvalue weighted by atomic mass is 32.1. The predicted octanol–water partition coefficient (Wildman–Crippen LogP) is 4.45. The first-order valence-electron chi connectivity index (χ1n) is 6.97. The van der Waals surface area contributed by atoms with E-state index < -0.39 is 0 Å². The number of amides is 1. The van der Waals surface area contributed by atoms with Crippen LogP contribution in [0.4, 0.5) is 0 Å². The van der Waals surface area contributed by atoms with Crippen molar-refractivity contribution < 1.29 is 4.79 Å². The summed E-state index contributed by atoms with van der Waals surface area (Å²) in [7, 11) is 0. The molecule has 0 aliphatic rings. The fourth-order valence-electron chi connectivity index (χ4n) is 2.36. The summed E-state index contributed by atoms with van der Waals surface area (Å²) in [4.78, 5) is 13.2. The molecule has 0 spiro atoms. The molecule has 1 heterocycles. The number of aryl methyl sites for hydroxylation is 2. The van der Waals surface area contributed by atoms with Gasteiger partial charge in [0.2, 0.25) is 0 Å². The molecule has 0 saturated carbocycles. The van der Waals surface area contributed by atoms with E-state index in [2.05, 4.69) is 36.5 Å². The van der Waals surface area contributed by atoms with Crippen LogP contribution in [0.3, 0.4) is 0 Å². The lowest BCUT2D eigenvalue weighted by molar-refractivity contribution is 0.0954. The van der Waals surface area contributed by atoms with E-state index in [0.29, 0.717) is 6.54 Å². The van der Waals surface area contributed by atoms with Crippen molar-refractivity contribution in [2.45, 2.75) is 20.4 Å². The number of rotatable bonds is 3. The molecule has 0 fully saturated rings. The minimum absolute atomic E-state index is 0.00859. The minimum atomic E-state index is 0.00859. The van der Waals surface area contributed by atoms with Gasteiger partial charge in [0.1, 0.15) is 0 Å². The monoisotopic (exact) mass is 295 g/mol. The van der Waals surface area contributed by atoms with Gasteiger partial charge in [-0.1, -0.05) is 48.0 Å². The third-order valence-electron chi connectivity index (χ3n) is 3.62. The fourth-order valence-corrected chi connectivity index (χ4v) is 3.48. The maximum Gasteiger partial charge on any atom is 0.261 e. The van der Waals surface area contributed by atoms with Crippen LogP contribution in [0.15, 0.2) is 48.5 Å². The molecule has 3 heteroatoms. The molecule has 0 aliphatic carbocycles. The van der Waals surface area contributed by atoms with Gasteiger partial charge >= 0.3 is 0 Å². The van der Waals surface area contributed by atoms with Crippen molar-refractivity contribution in [1.29, 1.82) is 0 Å². The zero-order valence-electron chi connectivity index (χ0n) is 12.1. The van der Waals surface area contributed by atoms with Crippen molar-refractivity contribution in [3.63, 3.8) is 0 Å². The van der Waals surface area contributed by atoms with Crippen LogP contribution in [0, 0.1) is 13.8 Å². The lowest BCUT2D eigenvalue weighted by Gasteiger charge is -2.05. The summed E-state index contributed by atoms with van der Waals surface area (Å²) in [5.74, 6) is 0.00859. The van der Waals surface area contributed by atoms with E-state index >= 15 is 0 Å². The van der Waals surface area contributed by atoms with Gasteiger partial charge in [0.25, 0.3) is 5.91 Å². The molecule has 0 unspecified atom stereocenters. The van der Waals surface area contributed by atoms with E-state index in [1.54, 1.807) is 11.3 Å². The molecule has 2 nitrogen and oxygen atoms in total. The first kappa shape index (κ1) is 13.8. The zero-order valence-corrected chi connectivity index (χ0v) is 13.0. The molecule has 21 heavy (non-hydrogen) atoms. The Bertz CT molecular complexity index is 787. The van der Waals surface area contributed by atoms with Gasteiger partial charge in [-0.15, -0.1) is 11.3 Å². The summed E-state index contributed by atoms with van der Waals surface area (Å²) in [6.07, 6.45) is 0. The van der Waals surface area contributed by atoms with Crippen LogP contribution in [0.1, 0.15) is 26.4 Å². The number of hydrogen-bond donors (Lipinski definition) is 1. The molecular formula is C18H17NOS. The Morgan fingerprint density at radius 3 is 2.48 bits per heavy atom. The maximum absolute atomic E-state index is 12.4. The standard InChI is InChI=1S/C18H17NOS/c1-12-7-9-14(10-8-12)11-19-18(20)17-13(2)15-5-3-4-6-16(15)21-17/h3-10H,11H2,1-2H3,(H,19,20). The number of nitrogens with one attached hydrogen (secondary N) is 1. The zero-order chi connectivity index (χ0) is 14.8. The Hall–Kier alpha value is -2.13. The number of carbonyl (C=O) groups is 1. The van der Waals surface area contributed by atoms with Crippen LogP contribution in [0.2, 0.25) is 0 Å². The Morgan fingerprint density at radius 1 is 1.05 bits per heavy atom. The number of hydrogen-bond acceptors (Lipinski definition) is 2. The van der Waals surface area contributed by atoms with Gasteiger partial charge in [0.15, 0.2) is 0 Å². The average molecular weight is 295 g/mol. The highest BCUT2D eigenvalue weighted by Crippen LogP contribution is 2.30. The first-order valence-corrected chi connectivity index (χ1v) is 7.78. The second kappa shape index (κ2) is 5.70. The molecule has 2 aromatic carbocycles. The summed E-state index contributed by atoms with van der Waals surface area (Å²) in [6, 6.07) is 16.4. The number of fused-ring (bicyclic) bond motifs is 1. The van der Waals surface area contributed by atoms with Crippen LogP contribution in [-0.4, -0.2) is 5.91 Å². The van der Waals surface area contributed by atoms with Gasteiger partial charge in [0, 0.05) is 11.2 Å². The molecule has 0 atom stereocenters. The second-order valence-corrected chi connectivity index (χ2v) is 6.27. The molecule has 1 aromatic heterocycles. The van der Waals surface area contributed by atoms with Crippen molar-refractivity contribution in [3.8, 4) is 0 Å². The van der Waals surface area contributed by atoms with Crippen LogP contribution in [0.5, 0.6) is 0 Å². The van der Waals surface area contributed by atoms with Crippen molar-refractivity contribution in [1.82, 2.24) is 5.32 Å². The quantitative estimate of drug-likeness (QED) is 0.760. The Morgan fingerprint density at radius 2 is 1.76 bits per heavy atom. The smallest absolute Gasteiger partial charge is 0.261 e. The number of carbonyl (C=O) groups excluding carboxylic acids is 1. The molecule has 3 rings (SSSR count). The summed E-state index contributed by atoms with van der Waals surface area (Å²) in [6.45, 7) is 4.63. The van der Waals surface area contributed by atoms with Crippen LogP contribution in [-0.2, 0) is 6.54 Å². The predicted molar refractivity (Wildman–Crippen MR) is 88.9 cm³/mol. The van der Waals surface area contributed by atoms with E-state index in [0.717, 1.165) is 20.7 Å². The Balaban J connectivity index is 1.78. The average Bonchev–Trinajstić information content (AvgIpc) is 2.84. The normalized spacial score (nSPS) is 10.8. The number of thiophene rings is 1. The van der Waals surface area contributed by atoms with Crippen LogP contribution in [0.25, 0.3) is 10.1 Å². The molecule has 0 saturated heterocycles. The lowest BCUT2D eigenvalue weighted by Crippen LogP contribution is -2.22. The topological polar surface area (TPSA) is 29.1 Å². The number of benzene rings is 2. The van der Waals surface area contributed by atoms with Crippen LogP contribution < -0.4 is 5.32 Å². The van der Waals surface area contributed by atoms with Gasteiger partial charge in [-0.05, 0) is 36.4 Å². The van der Waals surface area contributed by atoms with E-state index in [1.807, 2.05) is 31.2 Å². The first-order chi connectivity index (χ1) is 10.1. The van der Waals surface area contributed by atoms with Crippen molar-refractivity contribution in [3.05, 3.63) is 70.1 Å². The van der Waals surface area contributed by atoms with E-state index in [1.165, 1.54) is 10.9 Å². The van der Waals surface area contributed by atoms with Crippen molar-refractivity contribution >= 4 is 27.3 Å². The van der Waals surface area contributed by atoms with E-state index in [-0.39, 0.29) is 5.91 Å². The van der Waals surface area contributed by atoms with Gasteiger partial charge < -0.3 is 5.32 Å². The molecule has 1 amide bonds. The van der Waals surface area contributed by atoms with Crippen LogP contribution >= 0.6 is 11.3 Å². The highest BCUT2D eigenvalue weighted by molar-refractivity contribution is 7.21. The molecule has 3 aromatic rings. The van der Waals surface area contributed by atoms with Crippen molar-refractivity contribution in [2.24, 2.45) is 0 Å². The lowest BCUT2D eigenvalue weighted by atomic mass is 10.1. The Labute approximate surface area is 128 Å². The summed E-state index contributed by atoms with van der Waals surface area (Å²) >= 11 is 1.56. The van der Waals surface area contributed by atoms with Gasteiger partial charge in [-0.25, -0.2) is 0 Å². The Kier molecular flexibility index (Phi) is 3.76.